The van der Waals surface area contributed by atoms with Crippen molar-refractivity contribution >= 4 is 0 Å². The molecule has 4 nitrogen and oxygen atoms in total. The minimum atomic E-state index is 0.180. The molecule has 1 unspecified atom stereocenters. The van der Waals surface area contributed by atoms with Crippen LogP contribution in [-0.4, -0.2) is 29.2 Å². The fourth-order valence-electron chi connectivity index (χ4n) is 2.28. The van der Waals surface area contributed by atoms with Crippen LogP contribution in [0.15, 0.2) is 36.8 Å². The molecule has 0 radical (unpaired) electrons. The molecule has 1 saturated heterocycles. The Hall–Kier alpha value is -1.65. The number of benzene rings is 1. The number of aryl methyl sites for hydroxylation is 1. The van der Waals surface area contributed by atoms with Gasteiger partial charge in [-0.3, -0.25) is 0 Å². The SMILES string of the molecule is Cn1cncc1-c1ccc(C2CNCCO2)cc1. The molecule has 94 valence electrons. The zero-order chi connectivity index (χ0) is 12.4. The monoisotopic (exact) mass is 243 g/mol. The second kappa shape index (κ2) is 4.92. The highest BCUT2D eigenvalue weighted by Gasteiger charge is 2.15. The second-order valence-corrected chi connectivity index (χ2v) is 4.58. The number of hydrogen-bond acceptors (Lipinski definition) is 3. The van der Waals surface area contributed by atoms with Gasteiger partial charge in [-0.05, 0) is 11.1 Å². The lowest BCUT2D eigenvalue weighted by atomic mass is 10.0. The highest BCUT2D eigenvalue weighted by Crippen LogP contribution is 2.23. The molecule has 1 fully saturated rings. The Bertz CT molecular complexity index is 512. The summed E-state index contributed by atoms with van der Waals surface area (Å²) in [6.07, 6.45) is 3.88. The predicted molar refractivity (Wildman–Crippen MR) is 70.2 cm³/mol. The highest BCUT2D eigenvalue weighted by atomic mass is 16.5. The van der Waals surface area contributed by atoms with Gasteiger partial charge in [0.25, 0.3) is 0 Å². The van der Waals surface area contributed by atoms with Crippen LogP contribution >= 0.6 is 0 Å². The fraction of sp³-hybridized carbons (Fsp3) is 0.357. The number of nitrogens with zero attached hydrogens (tertiary/aromatic N) is 2. The van der Waals surface area contributed by atoms with Crippen molar-refractivity contribution < 1.29 is 4.74 Å². The lowest BCUT2D eigenvalue weighted by Crippen LogP contribution is -2.33. The first kappa shape index (κ1) is 11.4. The van der Waals surface area contributed by atoms with Crippen LogP contribution < -0.4 is 5.32 Å². The van der Waals surface area contributed by atoms with Crippen LogP contribution in [0.4, 0.5) is 0 Å². The number of nitrogens with one attached hydrogen (secondary N) is 1. The van der Waals surface area contributed by atoms with Gasteiger partial charge in [-0.15, -0.1) is 0 Å². The number of ether oxygens (including phenoxy) is 1. The largest absolute Gasteiger partial charge is 0.371 e. The van der Waals surface area contributed by atoms with Crippen molar-refractivity contribution in [2.24, 2.45) is 7.05 Å². The van der Waals surface area contributed by atoms with E-state index in [0.29, 0.717) is 0 Å². The van der Waals surface area contributed by atoms with Crippen molar-refractivity contribution in [3.8, 4) is 11.3 Å². The van der Waals surface area contributed by atoms with Gasteiger partial charge in [0.15, 0.2) is 0 Å². The Morgan fingerprint density at radius 3 is 2.78 bits per heavy atom. The van der Waals surface area contributed by atoms with Gasteiger partial charge < -0.3 is 14.6 Å². The first-order valence-electron chi connectivity index (χ1n) is 6.23. The molecule has 1 aromatic carbocycles. The Morgan fingerprint density at radius 2 is 2.17 bits per heavy atom. The molecule has 2 aromatic rings. The van der Waals surface area contributed by atoms with Crippen LogP contribution in [0.5, 0.6) is 0 Å². The van der Waals surface area contributed by atoms with Crippen LogP contribution in [0.2, 0.25) is 0 Å². The van der Waals surface area contributed by atoms with Crippen molar-refractivity contribution in [1.82, 2.24) is 14.9 Å². The van der Waals surface area contributed by atoms with Gasteiger partial charge in [-0.2, -0.15) is 0 Å². The zero-order valence-corrected chi connectivity index (χ0v) is 10.5. The third-order valence-corrected chi connectivity index (χ3v) is 3.32. The second-order valence-electron chi connectivity index (χ2n) is 4.58. The first-order chi connectivity index (χ1) is 8.84. The maximum absolute atomic E-state index is 5.74. The number of aromatic nitrogens is 2. The molecule has 0 saturated carbocycles. The summed E-state index contributed by atoms with van der Waals surface area (Å²) in [7, 11) is 2.00. The van der Waals surface area contributed by atoms with E-state index in [4.69, 9.17) is 4.74 Å². The van der Waals surface area contributed by atoms with Crippen LogP contribution in [-0.2, 0) is 11.8 Å². The van der Waals surface area contributed by atoms with Gasteiger partial charge in [0, 0.05) is 20.1 Å². The third kappa shape index (κ3) is 2.17. The summed E-state index contributed by atoms with van der Waals surface area (Å²) in [6.45, 7) is 2.63. The van der Waals surface area contributed by atoms with Gasteiger partial charge >= 0.3 is 0 Å². The molecule has 2 heterocycles. The Labute approximate surface area is 107 Å². The van der Waals surface area contributed by atoms with Crippen molar-refractivity contribution in [2.45, 2.75) is 6.10 Å². The van der Waals surface area contributed by atoms with E-state index in [1.165, 1.54) is 11.1 Å². The van der Waals surface area contributed by atoms with E-state index in [1.54, 1.807) is 0 Å². The number of rotatable bonds is 2. The molecular weight excluding hydrogens is 226 g/mol. The molecule has 18 heavy (non-hydrogen) atoms. The normalized spacial score (nSPS) is 19.9. The van der Waals surface area contributed by atoms with Crippen LogP contribution in [0.25, 0.3) is 11.3 Å². The fourth-order valence-corrected chi connectivity index (χ4v) is 2.28. The summed E-state index contributed by atoms with van der Waals surface area (Å²) < 4.78 is 7.76. The molecule has 0 spiro atoms. The van der Waals surface area contributed by atoms with E-state index in [1.807, 2.05) is 24.1 Å². The molecule has 1 aromatic heterocycles. The molecule has 4 heteroatoms. The van der Waals surface area contributed by atoms with E-state index in [-0.39, 0.29) is 6.10 Å². The van der Waals surface area contributed by atoms with Crippen LogP contribution in [0.1, 0.15) is 11.7 Å². The maximum atomic E-state index is 5.74. The molecule has 1 aliphatic rings. The average molecular weight is 243 g/mol. The average Bonchev–Trinajstić information content (AvgIpc) is 2.86. The van der Waals surface area contributed by atoms with Crippen molar-refractivity contribution in [3.05, 3.63) is 42.4 Å². The van der Waals surface area contributed by atoms with Gasteiger partial charge in [-0.25, -0.2) is 4.98 Å². The molecular formula is C14H17N3O. The van der Waals surface area contributed by atoms with Gasteiger partial charge in [0.2, 0.25) is 0 Å². The number of hydrogen-bond donors (Lipinski definition) is 1. The molecule has 0 bridgehead atoms. The molecule has 1 atom stereocenters. The minimum Gasteiger partial charge on any atom is -0.371 e. The summed E-state index contributed by atoms with van der Waals surface area (Å²) >= 11 is 0. The Morgan fingerprint density at radius 1 is 1.33 bits per heavy atom. The van der Waals surface area contributed by atoms with Crippen molar-refractivity contribution in [3.63, 3.8) is 0 Å². The quantitative estimate of drug-likeness (QED) is 0.873. The summed E-state index contributed by atoms with van der Waals surface area (Å²) in [5.41, 5.74) is 3.54. The summed E-state index contributed by atoms with van der Waals surface area (Å²) in [5.74, 6) is 0. The third-order valence-electron chi connectivity index (χ3n) is 3.32. The first-order valence-corrected chi connectivity index (χ1v) is 6.23. The highest BCUT2D eigenvalue weighted by molar-refractivity contribution is 5.59. The van der Waals surface area contributed by atoms with Crippen molar-refractivity contribution in [1.29, 1.82) is 0 Å². The number of morpholine rings is 1. The van der Waals surface area contributed by atoms with E-state index in [9.17, 15) is 0 Å². The number of imidazole rings is 1. The maximum Gasteiger partial charge on any atom is 0.0949 e. The minimum absolute atomic E-state index is 0.180. The van der Waals surface area contributed by atoms with E-state index in [0.717, 1.165) is 25.4 Å². The lowest BCUT2D eigenvalue weighted by Gasteiger charge is -2.24. The van der Waals surface area contributed by atoms with Gasteiger partial charge in [-0.1, -0.05) is 24.3 Å². The summed E-state index contributed by atoms with van der Waals surface area (Å²) in [6, 6.07) is 8.54. The van der Waals surface area contributed by atoms with Crippen LogP contribution in [0, 0.1) is 0 Å². The van der Waals surface area contributed by atoms with E-state index >= 15 is 0 Å². The van der Waals surface area contributed by atoms with E-state index in [2.05, 4.69) is 34.6 Å². The zero-order valence-electron chi connectivity index (χ0n) is 10.5. The lowest BCUT2D eigenvalue weighted by molar-refractivity contribution is 0.0277. The molecule has 0 aliphatic carbocycles. The van der Waals surface area contributed by atoms with Gasteiger partial charge in [0.1, 0.15) is 0 Å². The smallest absolute Gasteiger partial charge is 0.0949 e. The predicted octanol–water partition coefficient (Wildman–Crippen LogP) is 1.75. The van der Waals surface area contributed by atoms with Crippen molar-refractivity contribution in [2.75, 3.05) is 19.7 Å². The molecule has 1 N–H and O–H groups in total. The summed E-state index contributed by atoms with van der Waals surface area (Å²) in [5, 5.41) is 3.35. The Kier molecular flexibility index (Phi) is 3.13. The molecule has 0 amide bonds. The van der Waals surface area contributed by atoms with Crippen LogP contribution in [0.3, 0.4) is 0 Å². The topological polar surface area (TPSA) is 39.1 Å². The summed E-state index contributed by atoms with van der Waals surface area (Å²) in [4.78, 5) is 4.14. The standard InChI is InChI=1S/C14H17N3O/c1-17-10-16-8-13(17)11-2-4-12(5-3-11)14-9-15-6-7-18-14/h2-5,8,10,14-15H,6-7,9H2,1H3. The molecule has 3 rings (SSSR count). The van der Waals surface area contributed by atoms with E-state index < -0.39 is 0 Å². The van der Waals surface area contributed by atoms with Gasteiger partial charge in [0.05, 0.1) is 30.9 Å². The Balaban J connectivity index is 1.82. The molecule has 1 aliphatic heterocycles.